The van der Waals surface area contributed by atoms with E-state index in [0.29, 0.717) is 11.7 Å². The average molecular weight is 206 g/mol. The molecular weight excluding hydrogens is 188 g/mol. The second kappa shape index (κ2) is 6.13. The Bertz CT molecular complexity index is 187. The smallest absolute Gasteiger partial charge is 0.318 e. The average Bonchev–Trinajstić information content (AvgIpc) is 2.12. The van der Waals surface area contributed by atoms with Gasteiger partial charge in [0, 0.05) is 16.6 Å². The molecule has 0 fully saturated rings. The SMILES string of the molecule is CCC(CC)CS(=O)C(C)C(=O)O. The van der Waals surface area contributed by atoms with Gasteiger partial charge in [0.25, 0.3) is 0 Å². The first-order chi connectivity index (χ1) is 6.02. The molecule has 0 rings (SSSR count). The first-order valence-electron chi connectivity index (χ1n) is 4.62. The van der Waals surface area contributed by atoms with Crippen molar-refractivity contribution in [2.24, 2.45) is 5.92 Å². The van der Waals surface area contributed by atoms with E-state index in [2.05, 4.69) is 0 Å². The number of carboxylic acid groups (broad SMARTS) is 1. The molecule has 0 aromatic carbocycles. The van der Waals surface area contributed by atoms with Crippen molar-refractivity contribution in [2.75, 3.05) is 5.75 Å². The topological polar surface area (TPSA) is 54.4 Å². The molecule has 2 atom stereocenters. The maximum atomic E-state index is 11.4. The minimum absolute atomic E-state index is 0.391. The number of carbonyl (C=O) groups is 1. The fraction of sp³-hybridized carbons (Fsp3) is 0.889. The third-order valence-corrected chi connectivity index (χ3v) is 4.09. The fourth-order valence-corrected chi connectivity index (χ4v) is 2.46. The molecule has 3 nitrogen and oxygen atoms in total. The lowest BCUT2D eigenvalue weighted by molar-refractivity contribution is -0.136. The van der Waals surface area contributed by atoms with Crippen LogP contribution in [0.2, 0.25) is 0 Å². The Morgan fingerprint density at radius 1 is 1.38 bits per heavy atom. The molecule has 0 bridgehead atoms. The highest BCUT2D eigenvalue weighted by Crippen LogP contribution is 2.11. The van der Waals surface area contributed by atoms with E-state index < -0.39 is 22.0 Å². The molecule has 1 N–H and O–H groups in total. The van der Waals surface area contributed by atoms with Crippen molar-refractivity contribution in [3.63, 3.8) is 0 Å². The molecular formula is C9H18O3S. The first kappa shape index (κ1) is 12.6. The van der Waals surface area contributed by atoms with Crippen molar-refractivity contribution in [2.45, 2.75) is 38.9 Å². The van der Waals surface area contributed by atoms with Gasteiger partial charge < -0.3 is 5.11 Å². The summed E-state index contributed by atoms with van der Waals surface area (Å²) in [6, 6.07) is 0. The Morgan fingerprint density at radius 3 is 2.15 bits per heavy atom. The Labute approximate surface area is 82.0 Å². The standard InChI is InChI=1S/C9H18O3S/c1-4-8(5-2)6-13(12)7(3)9(10)11/h7-8H,4-6H2,1-3H3,(H,10,11). The molecule has 0 amide bonds. The summed E-state index contributed by atoms with van der Waals surface area (Å²) in [5.41, 5.74) is 0. The van der Waals surface area contributed by atoms with Crippen LogP contribution >= 0.6 is 0 Å². The van der Waals surface area contributed by atoms with Crippen LogP contribution in [0.15, 0.2) is 0 Å². The molecule has 0 aliphatic carbocycles. The molecule has 0 aromatic rings. The molecule has 0 spiro atoms. The Balaban J connectivity index is 4.05. The van der Waals surface area contributed by atoms with Gasteiger partial charge in [-0.1, -0.05) is 26.7 Å². The third-order valence-electron chi connectivity index (χ3n) is 2.30. The van der Waals surface area contributed by atoms with E-state index in [4.69, 9.17) is 5.11 Å². The van der Waals surface area contributed by atoms with E-state index in [1.165, 1.54) is 6.92 Å². The zero-order chi connectivity index (χ0) is 10.4. The van der Waals surface area contributed by atoms with Gasteiger partial charge in [-0.3, -0.25) is 9.00 Å². The van der Waals surface area contributed by atoms with Crippen molar-refractivity contribution in [1.82, 2.24) is 0 Å². The van der Waals surface area contributed by atoms with Crippen LogP contribution < -0.4 is 0 Å². The van der Waals surface area contributed by atoms with Crippen LogP contribution in [0.3, 0.4) is 0 Å². The van der Waals surface area contributed by atoms with E-state index in [-0.39, 0.29) is 0 Å². The highest BCUT2D eigenvalue weighted by molar-refractivity contribution is 7.86. The lowest BCUT2D eigenvalue weighted by Gasteiger charge is -2.13. The van der Waals surface area contributed by atoms with Gasteiger partial charge in [-0.15, -0.1) is 0 Å². The Morgan fingerprint density at radius 2 is 1.85 bits per heavy atom. The maximum absolute atomic E-state index is 11.4. The summed E-state index contributed by atoms with van der Waals surface area (Å²) in [6.07, 6.45) is 1.93. The predicted molar refractivity (Wildman–Crippen MR) is 54.2 cm³/mol. The Hall–Kier alpha value is -0.380. The van der Waals surface area contributed by atoms with E-state index >= 15 is 0 Å². The molecule has 78 valence electrons. The van der Waals surface area contributed by atoms with Crippen LogP contribution in [0, 0.1) is 5.92 Å². The minimum Gasteiger partial charge on any atom is -0.480 e. The van der Waals surface area contributed by atoms with Crippen molar-refractivity contribution < 1.29 is 14.1 Å². The van der Waals surface area contributed by atoms with Gasteiger partial charge in [0.05, 0.1) is 0 Å². The number of rotatable bonds is 6. The van der Waals surface area contributed by atoms with Crippen LogP contribution in [-0.2, 0) is 15.6 Å². The highest BCUT2D eigenvalue weighted by Gasteiger charge is 2.20. The Kier molecular flexibility index (Phi) is 5.95. The van der Waals surface area contributed by atoms with Crippen LogP contribution in [0.1, 0.15) is 33.6 Å². The molecule has 4 heteroatoms. The summed E-state index contributed by atoms with van der Waals surface area (Å²) in [5.74, 6) is -0.0626. The molecule has 0 aliphatic heterocycles. The van der Waals surface area contributed by atoms with E-state index in [1.54, 1.807) is 0 Å². The number of hydrogen-bond donors (Lipinski definition) is 1. The first-order valence-corrected chi connectivity index (χ1v) is 6.01. The predicted octanol–water partition coefficient (Wildman–Crippen LogP) is 1.64. The summed E-state index contributed by atoms with van der Waals surface area (Å²) >= 11 is 0. The fourth-order valence-electron chi connectivity index (χ4n) is 1.01. The molecule has 0 heterocycles. The molecule has 0 aromatic heterocycles. The maximum Gasteiger partial charge on any atom is 0.318 e. The molecule has 0 saturated heterocycles. The van der Waals surface area contributed by atoms with Crippen LogP contribution in [0.5, 0.6) is 0 Å². The summed E-state index contributed by atoms with van der Waals surface area (Å²) in [6.45, 7) is 5.58. The van der Waals surface area contributed by atoms with E-state index in [0.717, 1.165) is 12.8 Å². The second-order valence-electron chi connectivity index (χ2n) is 3.21. The largest absolute Gasteiger partial charge is 0.480 e. The normalized spacial score (nSPS) is 15.7. The van der Waals surface area contributed by atoms with Crippen LogP contribution in [0.25, 0.3) is 0 Å². The third kappa shape index (κ3) is 4.41. The van der Waals surface area contributed by atoms with Crippen molar-refractivity contribution in [3.05, 3.63) is 0 Å². The van der Waals surface area contributed by atoms with Gasteiger partial charge >= 0.3 is 5.97 Å². The van der Waals surface area contributed by atoms with Gasteiger partial charge in [-0.25, -0.2) is 0 Å². The van der Waals surface area contributed by atoms with Crippen LogP contribution in [0.4, 0.5) is 0 Å². The molecule has 2 unspecified atom stereocenters. The van der Waals surface area contributed by atoms with Crippen LogP contribution in [-0.4, -0.2) is 26.3 Å². The number of carboxylic acids is 1. The zero-order valence-electron chi connectivity index (χ0n) is 8.45. The summed E-state index contributed by atoms with van der Waals surface area (Å²) in [4.78, 5) is 10.5. The highest BCUT2D eigenvalue weighted by atomic mass is 32.2. The molecule has 0 saturated carbocycles. The molecule has 13 heavy (non-hydrogen) atoms. The molecule has 0 radical (unpaired) electrons. The van der Waals surface area contributed by atoms with E-state index in [1.807, 2.05) is 13.8 Å². The van der Waals surface area contributed by atoms with Gasteiger partial charge in [0.2, 0.25) is 0 Å². The lowest BCUT2D eigenvalue weighted by atomic mass is 10.1. The van der Waals surface area contributed by atoms with Gasteiger partial charge in [0.15, 0.2) is 0 Å². The summed E-state index contributed by atoms with van der Waals surface area (Å²) in [7, 11) is -1.22. The minimum atomic E-state index is -1.22. The van der Waals surface area contributed by atoms with Gasteiger partial charge in [0.1, 0.15) is 5.25 Å². The number of aliphatic carboxylic acids is 1. The lowest BCUT2D eigenvalue weighted by Crippen LogP contribution is -2.26. The van der Waals surface area contributed by atoms with E-state index in [9.17, 15) is 9.00 Å². The number of hydrogen-bond acceptors (Lipinski definition) is 2. The summed E-state index contributed by atoms with van der Waals surface area (Å²) < 4.78 is 11.4. The molecule has 0 aliphatic rings. The monoisotopic (exact) mass is 206 g/mol. The van der Waals surface area contributed by atoms with Crippen molar-refractivity contribution >= 4 is 16.8 Å². The second-order valence-corrected chi connectivity index (χ2v) is 5.01. The quantitative estimate of drug-likeness (QED) is 0.719. The van der Waals surface area contributed by atoms with Crippen molar-refractivity contribution in [3.8, 4) is 0 Å². The zero-order valence-corrected chi connectivity index (χ0v) is 9.26. The van der Waals surface area contributed by atoms with Gasteiger partial charge in [-0.05, 0) is 12.8 Å². The van der Waals surface area contributed by atoms with Gasteiger partial charge in [-0.2, -0.15) is 0 Å². The van der Waals surface area contributed by atoms with Crippen molar-refractivity contribution in [1.29, 1.82) is 0 Å². The summed E-state index contributed by atoms with van der Waals surface area (Å²) in [5, 5.41) is 7.88.